The molecule has 3 aromatic rings. The first kappa shape index (κ1) is 22.6. The summed E-state index contributed by atoms with van der Waals surface area (Å²) in [5.41, 5.74) is 3.75. The van der Waals surface area contributed by atoms with E-state index in [4.69, 9.17) is 21.1 Å². The van der Waals surface area contributed by atoms with Gasteiger partial charge >= 0.3 is 0 Å². The molecule has 0 spiro atoms. The topological polar surface area (TPSA) is 105 Å². The highest BCUT2D eigenvalue weighted by Crippen LogP contribution is 2.39. The molecule has 2 aromatic heterocycles. The summed E-state index contributed by atoms with van der Waals surface area (Å²) in [7, 11) is 1.62. The van der Waals surface area contributed by atoms with Crippen LogP contribution in [0.1, 0.15) is 12.5 Å². The summed E-state index contributed by atoms with van der Waals surface area (Å²) in [5.74, 6) is 1.85. The van der Waals surface area contributed by atoms with E-state index >= 15 is 0 Å². The van der Waals surface area contributed by atoms with Crippen molar-refractivity contribution in [2.75, 3.05) is 62.1 Å². The van der Waals surface area contributed by atoms with Crippen molar-refractivity contribution in [1.82, 2.24) is 15.0 Å². The molecular weight excluding hydrogens is 456 g/mol. The van der Waals surface area contributed by atoms with Gasteiger partial charge < -0.3 is 30.1 Å². The van der Waals surface area contributed by atoms with Gasteiger partial charge in [-0.2, -0.15) is 0 Å². The molecule has 2 aliphatic rings. The fraction of sp³-hybridized carbons (Fsp3) is 0.375. The number of methoxy groups -OCH3 is 1. The smallest absolute Gasteiger partial charge is 0.227 e. The summed E-state index contributed by atoms with van der Waals surface area (Å²) in [6, 6.07) is 7.61. The second kappa shape index (κ2) is 9.25. The number of halogens is 1. The van der Waals surface area contributed by atoms with Gasteiger partial charge in [0.25, 0.3) is 0 Å². The number of morpholine rings is 1. The number of ether oxygens (including phenoxy) is 2. The standard InChI is InChI=1S/C24H27ClN6O3/c1-24(14-32)13-28-22-16(24)9-15(12-27-22)18-3-4-26-23(29-18)30-19-10-17(25)20(11-21(19)33-2)31-5-7-34-8-6-31/h3-4,9-12,32H,5-8,13-14H2,1-2H3,(H,27,28)(H,26,29,30). The van der Waals surface area contributed by atoms with Crippen molar-refractivity contribution in [3.05, 3.63) is 47.2 Å². The summed E-state index contributed by atoms with van der Waals surface area (Å²) in [4.78, 5) is 15.8. The lowest BCUT2D eigenvalue weighted by Gasteiger charge is -2.30. The van der Waals surface area contributed by atoms with Crippen molar-refractivity contribution >= 4 is 34.7 Å². The number of benzene rings is 1. The largest absolute Gasteiger partial charge is 0.494 e. The minimum atomic E-state index is -0.376. The quantitative estimate of drug-likeness (QED) is 0.487. The number of aliphatic hydroxyl groups is 1. The molecule has 0 saturated carbocycles. The maximum absolute atomic E-state index is 9.88. The van der Waals surface area contributed by atoms with E-state index in [1.807, 2.05) is 31.2 Å². The number of hydrogen-bond acceptors (Lipinski definition) is 9. The first-order chi connectivity index (χ1) is 16.5. The van der Waals surface area contributed by atoms with Gasteiger partial charge in [0.1, 0.15) is 11.6 Å². The zero-order chi connectivity index (χ0) is 23.7. The number of fused-ring (bicyclic) bond motifs is 1. The van der Waals surface area contributed by atoms with Crippen molar-refractivity contribution in [2.24, 2.45) is 0 Å². The van der Waals surface area contributed by atoms with Crippen LogP contribution in [0.25, 0.3) is 11.3 Å². The molecule has 0 radical (unpaired) electrons. The lowest BCUT2D eigenvalue weighted by Crippen LogP contribution is -2.36. The van der Waals surface area contributed by atoms with Crippen molar-refractivity contribution < 1.29 is 14.6 Å². The Balaban J connectivity index is 1.43. The molecule has 3 N–H and O–H groups in total. The van der Waals surface area contributed by atoms with E-state index < -0.39 is 0 Å². The van der Waals surface area contributed by atoms with E-state index in [1.54, 1.807) is 19.5 Å². The van der Waals surface area contributed by atoms with Crippen LogP contribution in [0.3, 0.4) is 0 Å². The van der Waals surface area contributed by atoms with Crippen LogP contribution in [0.5, 0.6) is 5.75 Å². The molecule has 2 aliphatic heterocycles. The van der Waals surface area contributed by atoms with Gasteiger partial charge in [0.15, 0.2) is 0 Å². The lowest BCUT2D eigenvalue weighted by atomic mass is 9.85. The Morgan fingerprint density at radius 1 is 1.26 bits per heavy atom. The number of anilines is 4. The van der Waals surface area contributed by atoms with Crippen LogP contribution in [0.2, 0.25) is 5.02 Å². The molecule has 10 heteroatoms. The van der Waals surface area contributed by atoms with Crippen LogP contribution < -0.4 is 20.3 Å². The van der Waals surface area contributed by atoms with Crippen molar-refractivity contribution in [2.45, 2.75) is 12.3 Å². The third kappa shape index (κ3) is 4.22. The second-order valence-corrected chi connectivity index (χ2v) is 9.09. The zero-order valence-corrected chi connectivity index (χ0v) is 19.9. The molecule has 0 amide bonds. The minimum absolute atomic E-state index is 0.0374. The normalized spacial score (nSPS) is 19.5. The van der Waals surface area contributed by atoms with Gasteiger partial charge in [-0.05, 0) is 18.2 Å². The molecule has 1 saturated heterocycles. The monoisotopic (exact) mass is 482 g/mol. The number of pyridine rings is 1. The number of nitrogens with zero attached hydrogens (tertiary/aromatic N) is 4. The Hall–Kier alpha value is -3.14. The number of aliphatic hydroxyl groups excluding tert-OH is 1. The fourth-order valence-electron chi connectivity index (χ4n) is 4.28. The second-order valence-electron chi connectivity index (χ2n) is 8.69. The first-order valence-electron chi connectivity index (χ1n) is 11.2. The van der Waals surface area contributed by atoms with Crippen molar-refractivity contribution in [3.63, 3.8) is 0 Å². The van der Waals surface area contributed by atoms with E-state index in [2.05, 4.69) is 30.5 Å². The SMILES string of the molecule is COc1cc(N2CCOCC2)c(Cl)cc1Nc1nccc(-c2cnc3c(c2)C(C)(CO)CN3)n1. The maximum Gasteiger partial charge on any atom is 0.227 e. The van der Waals surface area contributed by atoms with E-state index in [0.29, 0.717) is 42.2 Å². The summed E-state index contributed by atoms with van der Waals surface area (Å²) < 4.78 is 11.1. The van der Waals surface area contributed by atoms with Gasteiger partial charge in [-0.3, -0.25) is 0 Å². The van der Waals surface area contributed by atoms with E-state index in [-0.39, 0.29) is 12.0 Å². The predicted molar refractivity (Wildman–Crippen MR) is 133 cm³/mol. The van der Waals surface area contributed by atoms with Gasteiger partial charge in [-0.15, -0.1) is 0 Å². The summed E-state index contributed by atoms with van der Waals surface area (Å²) in [5, 5.41) is 17.0. The number of hydrogen-bond donors (Lipinski definition) is 3. The maximum atomic E-state index is 9.88. The molecule has 1 fully saturated rings. The number of nitrogens with one attached hydrogen (secondary N) is 2. The molecule has 0 bridgehead atoms. The molecule has 0 aliphatic carbocycles. The summed E-state index contributed by atoms with van der Waals surface area (Å²) in [6.45, 7) is 5.60. The Kier molecular flexibility index (Phi) is 6.16. The van der Waals surface area contributed by atoms with Gasteiger partial charge in [0.05, 0.1) is 49.0 Å². The minimum Gasteiger partial charge on any atom is -0.494 e. The Morgan fingerprint density at radius 3 is 2.85 bits per heavy atom. The Bertz CT molecular complexity index is 1200. The van der Waals surface area contributed by atoms with E-state index in [9.17, 15) is 5.11 Å². The molecule has 1 aromatic carbocycles. The van der Waals surface area contributed by atoms with Gasteiger partial charge in [-0.1, -0.05) is 18.5 Å². The molecule has 9 nitrogen and oxygen atoms in total. The van der Waals surface area contributed by atoms with Crippen LogP contribution in [0, 0.1) is 0 Å². The average Bonchev–Trinajstić information content (AvgIpc) is 3.21. The van der Waals surface area contributed by atoms with Crippen LogP contribution in [0.4, 0.5) is 23.1 Å². The fourth-order valence-corrected chi connectivity index (χ4v) is 4.56. The summed E-state index contributed by atoms with van der Waals surface area (Å²) in [6.07, 6.45) is 3.47. The molecule has 1 atom stereocenters. The Labute approximate surface area is 203 Å². The van der Waals surface area contributed by atoms with Gasteiger partial charge in [0, 0.05) is 54.6 Å². The third-order valence-electron chi connectivity index (χ3n) is 6.35. The van der Waals surface area contributed by atoms with Crippen molar-refractivity contribution in [1.29, 1.82) is 0 Å². The van der Waals surface area contributed by atoms with Crippen LogP contribution in [0.15, 0.2) is 36.7 Å². The van der Waals surface area contributed by atoms with Crippen LogP contribution in [-0.4, -0.2) is 66.6 Å². The van der Waals surface area contributed by atoms with Crippen LogP contribution >= 0.6 is 11.6 Å². The van der Waals surface area contributed by atoms with E-state index in [1.165, 1.54) is 0 Å². The molecule has 4 heterocycles. The number of rotatable bonds is 6. The highest BCUT2D eigenvalue weighted by atomic mass is 35.5. The molecule has 5 rings (SSSR count). The Morgan fingerprint density at radius 2 is 2.09 bits per heavy atom. The molecule has 178 valence electrons. The molecular formula is C24H27ClN6O3. The number of aromatic nitrogens is 3. The lowest BCUT2D eigenvalue weighted by molar-refractivity contribution is 0.122. The average molecular weight is 483 g/mol. The van der Waals surface area contributed by atoms with Crippen molar-refractivity contribution in [3.8, 4) is 17.0 Å². The van der Waals surface area contributed by atoms with Crippen LogP contribution in [-0.2, 0) is 10.2 Å². The predicted octanol–water partition coefficient (Wildman–Crippen LogP) is 3.46. The zero-order valence-electron chi connectivity index (χ0n) is 19.1. The highest BCUT2D eigenvalue weighted by molar-refractivity contribution is 6.33. The molecule has 34 heavy (non-hydrogen) atoms. The summed E-state index contributed by atoms with van der Waals surface area (Å²) >= 11 is 6.63. The van der Waals surface area contributed by atoms with Gasteiger partial charge in [-0.25, -0.2) is 15.0 Å². The highest BCUT2D eigenvalue weighted by Gasteiger charge is 2.35. The van der Waals surface area contributed by atoms with E-state index in [0.717, 1.165) is 41.4 Å². The third-order valence-corrected chi connectivity index (χ3v) is 6.65. The first-order valence-corrected chi connectivity index (χ1v) is 11.5. The molecule has 1 unspecified atom stereocenters. The van der Waals surface area contributed by atoms with Gasteiger partial charge in [0.2, 0.25) is 5.95 Å².